The third-order valence-corrected chi connectivity index (χ3v) is 6.40. The normalized spacial score (nSPS) is 23.9. The molecule has 1 aliphatic heterocycles. The molecule has 3 rings (SSSR count). The van der Waals surface area contributed by atoms with E-state index >= 15 is 0 Å². The SMILES string of the molecule is C=CC1=C(C=C)N(CC2CCC2C)CC(c2ccc(Cl)cc2CCC)CO1.CC. The lowest BCUT2D eigenvalue weighted by Crippen LogP contribution is -2.38. The van der Waals surface area contributed by atoms with E-state index in [2.05, 4.69) is 44.0 Å². The molecule has 0 N–H and O–H groups in total. The van der Waals surface area contributed by atoms with Gasteiger partial charge in [0.05, 0.1) is 12.3 Å². The van der Waals surface area contributed by atoms with Gasteiger partial charge in [0, 0.05) is 24.0 Å². The van der Waals surface area contributed by atoms with Gasteiger partial charge in [0.15, 0.2) is 0 Å². The van der Waals surface area contributed by atoms with Gasteiger partial charge in [-0.2, -0.15) is 0 Å². The predicted octanol–water partition coefficient (Wildman–Crippen LogP) is 7.36. The fourth-order valence-electron chi connectivity index (χ4n) is 4.34. The first-order valence-electron chi connectivity index (χ1n) is 11.2. The van der Waals surface area contributed by atoms with E-state index < -0.39 is 0 Å². The van der Waals surface area contributed by atoms with Crippen LogP contribution >= 0.6 is 11.6 Å². The van der Waals surface area contributed by atoms with Crippen LogP contribution in [0.1, 0.15) is 64.0 Å². The van der Waals surface area contributed by atoms with E-state index in [1.54, 1.807) is 0 Å². The van der Waals surface area contributed by atoms with Gasteiger partial charge in [-0.25, -0.2) is 0 Å². The minimum Gasteiger partial charge on any atom is -0.491 e. The Hall–Kier alpha value is -1.67. The number of benzene rings is 1. The fourth-order valence-corrected chi connectivity index (χ4v) is 4.53. The van der Waals surface area contributed by atoms with Crippen LogP contribution in [0.25, 0.3) is 0 Å². The van der Waals surface area contributed by atoms with Gasteiger partial charge < -0.3 is 9.64 Å². The maximum Gasteiger partial charge on any atom is 0.142 e. The van der Waals surface area contributed by atoms with Gasteiger partial charge in [-0.05, 0) is 60.1 Å². The standard InChI is InChI=1S/C24H32ClNO.C2H6/c1-5-8-18-13-21(25)11-12-22(18)20-15-26(14-19-10-9-17(19)4)23(6-2)24(7-3)27-16-20;1-2/h6-7,11-13,17,19-20H,2-3,5,8-10,14-16H2,1,4H3;1-2H3. The van der Waals surface area contributed by atoms with Gasteiger partial charge in [0.1, 0.15) is 5.76 Å². The molecule has 2 nitrogen and oxygen atoms in total. The molecule has 160 valence electrons. The number of ether oxygens (including phenoxy) is 1. The molecule has 0 amide bonds. The van der Waals surface area contributed by atoms with Crippen molar-refractivity contribution in [1.82, 2.24) is 4.90 Å². The molecule has 3 heteroatoms. The summed E-state index contributed by atoms with van der Waals surface area (Å²) in [6.07, 6.45) is 8.57. The van der Waals surface area contributed by atoms with Crippen molar-refractivity contribution in [2.24, 2.45) is 11.8 Å². The quantitative estimate of drug-likeness (QED) is 0.461. The summed E-state index contributed by atoms with van der Waals surface area (Å²) in [4.78, 5) is 2.48. The van der Waals surface area contributed by atoms with Crippen molar-refractivity contribution < 1.29 is 4.74 Å². The molecule has 0 saturated heterocycles. The Morgan fingerprint density at radius 2 is 1.97 bits per heavy atom. The third kappa shape index (κ3) is 5.69. The number of aryl methyl sites for hydroxylation is 1. The van der Waals surface area contributed by atoms with E-state index in [-0.39, 0.29) is 0 Å². The Labute approximate surface area is 183 Å². The molecule has 0 radical (unpaired) electrons. The van der Waals surface area contributed by atoms with Gasteiger partial charge in [0.25, 0.3) is 0 Å². The van der Waals surface area contributed by atoms with Gasteiger partial charge in [-0.1, -0.05) is 71.4 Å². The molecular formula is C26H38ClNO. The number of nitrogens with zero attached hydrogens (tertiary/aromatic N) is 1. The molecule has 2 aliphatic rings. The maximum atomic E-state index is 6.28. The molecule has 0 bridgehead atoms. The Bertz CT molecular complexity index is 723. The highest BCUT2D eigenvalue weighted by molar-refractivity contribution is 6.30. The molecular weight excluding hydrogens is 378 g/mol. The summed E-state index contributed by atoms with van der Waals surface area (Å²) in [6.45, 7) is 19.3. The number of allylic oxidation sites excluding steroid dienone is 2. The molecule has 3 atom stereocenters. The number of hydrogen-bond donors (Lipinski definition) is 0. The van der Waals surface area contributed by atoms with E-state index in [0.29, 0.717) is 12.5 Å². The second kappa shape index (κ2) is 11.5. The minimum atomic E-state index is 0.312. The topological polar surface area (TPSA) is 12.5 Å². The molecule has 1 heterocycles. The second-order valence-electron chi connectivity index (χ2n) is 7.98. The third-order valence-electron chi connectivity index (χ3n) is 6.17. The van der Waals surface area contributed by atoms with Crippen LogP contribution in [-0.2, 0) is 11.2 Å². The largest absolute Gasteiger partial charge is 0.491 e. The monoisotopic (exact) mass is 415 g/mol. The molecule has 1 aromatic carbocycles. The van der Waals surface area contributed by atoms with Gasteiger partial charge in [-0.3, -0.25) is 0 Å². The molecule has 1 aliphatic carbocycles. The molecule has 29 heavy (non-hydrogen) atoms. The number of rotatable bonds is 7. The van der Waals surface area contributed by atoms with Crippen molar-refractivity contribution >= 4 is 11.6 Å². The van der Waals surface area contributed by atoms with E-state index in [0.717, 1.165) is 54.2 Å². The Kier molecular flexibility index (Phi) is 9.36. The average molecular weight is 416 g/mol. The molecule has 1 aromatic rings. The van der Waals surface area contributed by atoms with Crippen molar-refractivity contribution in [3.8, 4) is 0 Å². The summed E-state index contributed by atoms with van der Waals surface area (Å²) in [5.41, 5.74) is 3.79. The summed E-state index contributed by atoms with van der Waals surface area (Å²) >= 11 is 6.28. The highest BCUT2D eigenvalue weighted by Gasteiger charge is 2.32. The van der Waals surface area contributed by atoms with Crippen molar-refractivity contribution in [1.29, 1.82) is 0 Å². The smallest absolute Gasteiger partial charge is 0.142 e. The number of hydrogen-bond acceptors (Lipinski definition) is 2. The van der Waals surface area contributed by atoms with Crippen LogP contribution in [0.2, 0.25) is 5.02 Å². The molecule has 1 saturated carbocycles. The predicted molar refractivity (Wildman–Crippen MR) is 126 cm³/mol. The van der Waals surface area contributed by atoms with Crippen LogP contribution < -0.4 is 0 Å². The zero-order valence-corrected chi connectivity index (χ0v) is 19.5. The van der Waals surface area contributed by atoms with Crippen LogP contribution in [-0.4, -0.2) is 24.6 Å². The lowest BCUT2D eigenvalue weighted by molar-refractivity contribution is 0.138. The van der Waals surface area contributed by atoms with E-state index in [1.165, 1.54) is 24.0 Å². The first-order valence-corrected chi connectivity index (χ1v) is 11.6. The lowest BCUT2D eigenvalue weighted by Gasteiger charge is -2.39. The summed E-state index contributed by atoms with van der Waals surface area (Å²) in [5.74, 6) is 2.72. The highest BCUT2D eigenvalue weighted by Crippen LogP contribution is 2.37. The van der Waals surface area contributed by atoms with E-state index in [9.17, 15) is 0 Å². The van der Waals surface area contributed by atoms with Gasteiger partial charge in [-0.15, -0.1) is 0 Å². The first kappa shape index (κ1) is 23.6. The first-order chi connectivity index (χ1) is 14.1. The van der Waals surface area contributed by atoms with Crippen LogP contribution in [0, 0.1) is 11.8 Å². The average Bonchev–Trinajstić information content (AvgIpc) is 2.91. The minimum absolute atomic E-state index is 0.312. The van der Waals surface area contributed by atoms with Crippen molar-refractivity contribution in [3.05, 3.63) is 71.1 Å². The lowest BCUT2D eigenvalue weighted by atomic mass is 9.74. The summed E-state index contributed by atoms with van der Waals surface area (Å²) in [5, 5.41) is 0.813. The Morgan fingerprint density at radius 3 is 2.52 bits per heavy atom. The van der Waals surface area contributed by atoms with Crippen LogP contribution in [0.5, 0.6) is 0 Å². The molecule has 0 aromatic heterocycles. The highest BCUT2D eigenvalue weighted by atomic mass is 35.5. The summed E-state index contributed by atoms with van der Waals surface area (Å²) in [6, 6.07) is 6.33. The Balaban J connectivity index is 0.00000145. The fraction of sp³-hybridized carbons (Fsp3) is 0.538. The van der Waals surface area contributed by atoms with Crippen LogP contribution in [0.15, 0.2) is 55.0 Å². The summed E-state index contributed by atoms with van der Waals surface area (Å²) in [7, 11) is 0. The zero-order valence-electron chi connectivity index (χ0n) is 18.7. The molecule has 0 spiro atoms. The van der Waals surface area contributed by atoms with Gasteiger partial charge >= 0.3 is 0 Å². The maximum absolute atomic E-state index is 6.28. The summed E-state index contributed by atoms with van der Waals surface area (Å²) < 4.78 is 6.19. The van der Waals surface area contributed by atoms with Crippen LogP contribution in [0.3, 0.4) is 0 Å². The van der Waals surface area contributed by atoms with Gasteiger partial charge in [0.2, 0.25) is 0 Å². The second-order valence-corrected chi connectivity index (χ2v) is 8.41. The van der Waals surface area contributed by atoms with Crippen molar-refractivity contribution in [2.75, 3.05) is 19.7 Å². The molecule has 3 unspecified atom stereocenters. The number of halogens is 1. The molecule has 1 fully saturated rings. The zero-order chi connectivity index (χ0) is 21.4. The van der Waals surface area contributed by atoms with Crippen LogP contribution in [0.4, 0.5) is 0 Å². The van der Waals surface area contributed by atoms with E-state index in [4.69, 9.17) is 16.3 Å². The van der Waals surface area contributed by atoms with E-state index in [1.807, 2.05) is 32.1 Å². The Morgan fingerprint density at radius 1 is 1.21 bits per heavy atom. The van der Waals surface area contributed by atoms with Crippen molar-refractivity contribution in [3.63, 3.8) is 0 Å². The van der Waals surface area contributed by atoms with Crippen molar-refractivity contribution in [2.45, 2.75) is 59.3 Å².